The maximum Gasteiger partial charge on any atom is 0.257 e. The van der Waals surface area contributed by atoms with Crippen LogP contribution in [0.1, 0.15) is 46.6 Å². The number of hydrogen-bond donors (Lipinski definition) is 1. The third-order valence-corrected chi connectivity index (χ3v) is 4.97. The molecule has 1 amide bonds. The zero-order valence-corrected chi connectivity index (χ0v) is 13.5. The number of aryl methyl sites for hydroxylation is 2. The van der Waals surface area contributed by atoms with Crippen molar-refractivity contribution in [3.63, 3.8) is 0 Å². The van der Waals surface area contributed by atoms with E-state index >= 15 is 0 Å². The number of amides is 1. The van der Waals surface area contributed by atoms with E-state index in [0.29, 0.717) is 16.4 Å². The van der Waals surface area contributed by atoms with Crippen LogP contribution in [0.25, 0.3) is 0 Å². The number of aromatic nitrogens is 1. The molecule has 4 nitrogen and oxygen atoms in total. The molecule has 0 saturated carbocycles. The van der Waals surface area contributed by atoms with Gasteiger partial charge in [-0.15, -0.1) is 11.3 Å². The Hall–Kier alpha value is -1.88. The lowest BCUT2D eigenvalue weighted by Gasteiger charge is -2.06. The molecular formula is C17H20N2O2S. The summed E-state index contributed by atoms with van der Waals surface area (Å²) in [6.45, 7) is 0. The zero-order chi connectivity index (χ0) is 15.4. The van der Waals surface area contributed by atoms with Crippen LogP contribution in [0.3, 0.4) is 0 Å². The average molecular weight is 316 g/mol. The number of carbonyl (C=O) groups excluding carboxylic acids is 1. The summed E-state index contributed by atoms with van der Waals surface area (Å²) in [6, 6.07) is 7.15. The Labute approximate surface area is 134 Å². The summed E-state index contributed by atoms with van der Waals surface area (Å²) in [7, 11) is 1.60. The molecule has 0 aliphatic heterocycles. The van der Waals surface area contributed by atoms with Crippen LogP contribution in [0.5, 0.6) is 5.75 Å². The fraction of sp³-hybridized carbons (Fsp3) is 0.412. The van der Waals surface area contributed by atoms with Crippen LogP contribution in [0.15, 0.2) is 24.3 Å². The molecule has 1 heterocycles. The van der Waals surface area contributed by atoms with Gasteiger partial charge in [0.2, 0.25) is 0 Å². The molecule has 1 aromatic carbocycles. The average Bonchev–Trinajstić information content (AvgIpc) is 2.88. The molecule has 1 aliphatic carbocycles. The standard InChI is InChI=1S/C17H20N2O2S/c1-21-13-8-6-7-12(11-13)16(20)19-17-18-14-9-4-2-3-5-10-15(14)22-17/h6-8,11H,2-5,9-10H2,1H3,(H,18,19,20). The molecule has 0 unspecified atom stereocenters. The second-order valence-corrected chi connectivity index (χ2v) is 6.57. The van der Waals surface area contributed by atoms with Crippen LogP contribution in [0, 0.1) is 0 Å². The summed E-state index contributed by atoms with van der Waals surface area (Å²) in [5.41, 5.74) is 1.76. The first-order chi connectivity index (χ1) is 10.8. The van der Waals surface area contributed by atoms with Crippen molar-refractivity contribution in [2.75, 3.05) is 12.4 Å². The Balaban J connectivity index is 1.74. The normalized spacial score (nSPS) is 14.6. The van der Waals surface area contributed by atoms with Crippen molar-refractivity contribution in [2.24, 2.45) is 0 Å². The minimum atomic E-state index is -0.138. The minimum Gasteiger partial charge on any atom is -0.497 e. The molecular weight excluding hydrogens is 296 g/mol. The summed E-state index contributed by atoms with van der Waals surface area (Å²) in [5, 5.41) is 3.63. The first-order valence-corrected chi connectivity index (χ1v) is 8.52. The summed E-state index contributed by atoms with van der Waals surface area (Å²) >= 11 is 1.62. The second-order valence-electron chi connectivity index (χ2n) is 5.49. The molecule has 0 spiro atoms. The van der Waals surface area contributed by atoms with Crippen LogP contribution in [0.4, 0.5) is 5.13 Å². The second kappa shape index (κ2) is 6.92. The number of thiazole rings is 1. The molecule has 116 valence electrons. The number of carbonyl (C=O) groups is 1. The molecule has 2 aromatic rings. The van der Waals surface area contributed by atoms with Gasteiger partial charge in [0.1, 0.15) is 5.75 Å². The van der Waals surface area contributed by atoms with E-state index in [2.05, 4.69) is 10.3 Å². The Morgan fingerprint density at radius 2 is 2.05 bits per heavy atom. The van der Waals surface area contributed by atoms with Gasteiger partial charge in [0.15, 0.2) is 5.13 Å². The molecule has 0 bridgehead atoms. The molecule has 0 radical (unpaired) electrons. The first-order valence-electron chi connectivity index (χ1n) is 7.70. The predicted molar refractivity (Wildman–Crippen MR) is 88.9 cm³/mol. The van der Waals surface area contributed by atoms with E-state index in [-0.39, 0.29) is 5.91 Å². The Morgan fingerprint density at radius 1 is 1.23 bits per heavy atom. The van der Waals surface area contributed by atoms with Crippen molar-refractivity contribution >= 4 is 22.4 Å². The highest BCUT2D eigenvalue weighted by Gasteiger charge is 2.15. The number of fused-ring (bicyclic) bond motifs is 1. The van der Waals surface area contributed by atoms with Crippen LogP contribution in [-0.2, 0) is 12.8 Å². The van der Waals surface area contributed by atoms with Gasteiger partial charge in [0, 0.05) is 10.4 Å². The zero-order valence-electron chi connectivity index (χ0n) is 12.7. The monoisotopic (exact) mass is 316 g/mol. The lowest BCUT2D eigenvalue weighted by molar-refractivity contribution is 0.102. The minimum absolute atomic E-state index is 0.138. The molecule has 1 aromatic heterocycles. The number of hydrogen-bond acceptors (Lipinski definition) is 4. The largest absolute Gasteiger partial charge is 0.497 e. The number of methoxy groups -OCH3 is 1. The van der Waals surface area contributed by atoms with Crippen LogP contribution in [0.2, 0.25) is 0 Å². The number of nitrogens with zero attached hydrogens (tertiary/aromatic N) is 1. The molecule has 0 saturated heterocycles. The van der Waals surface area contributed by atoms with Gasteiger partial charge in [-0.05, 0) is 43.9 Å². The number of rotatable bonds is 3. The van der Waals surface area contributed by atoms with Gasteiger partial charge >= 0.3 is 0 Å². The van der Waals surface area contributed by atoms with Crippen molar-refractivity contribution < 1.29 is 9.53 Å². The number of benzene rings is 1. The molecule has 1 N–H and O–H groups in total. The highest BCUT2D eigenvalue weighted by atomic mass is 32.1. The van der Waals surface area contributed by atoms with Gasteiger partial charge in [0.25, 0.3) is 5.91 Å². The third kappa shape index (κ3) is 3.47. The van der Waals surface area contributed by atoms with Crippen molar-refractivity contribution in [2.45, 2.75) is 38.5 Å². The molecule has 0 atom stereocenters. The topological polar surface area (TPSA) is 51.2 Å². The predicted octanol–water partition coefficient (Wildman–Crippen LogP) is 4.06. The van der Waals surface area contributed by atoms with Gasteiger partial charge in [-0.25, -0.2) is 4.98 Å². The van der Waals surface area contributed by atoms with Crippen molar-refractivity contribution in [3.8, 4) is 5.75 Å². The lowest BCUT2D eigenvalue weighted by atomic mass is 10.0. The van der Waals surface area contributed by atoms with Crippen LogP contribution >= 0.6 is 11.3 Å². The van der Waals surface area contributed by atoms with Crippen LogP contribution < -0.4 is 10.1 Å². The van der Waals surface area contributed by atoms with Gasteiger partial charge in [0.05, 0.1) is 12.8 Å². The fourth-order valence-electron chi connectivity index (χ4n) is 2.69. The van der Waals surface area contributed by atoms with Gasteiger partial charge in [-0.2, -0.15) is 0 Å². The lowest BCUT2D eigenvalue weighted by Crippen LogP contribution is -2.11. The molecule has 3 rings (SSSR count). The summed E-state index contributed by atoms with van der Waals surface area (Å²) in [5.74, 6) is 0.541. The Kier molecular flexibility index (Phi) is 4.73. The number of nitrogens with one attached hydrogen (secondary N) is 1. The number of anilines is 1. The van der Waals surface area contributed by atoms with Gasteiger partial charge < -0.3 is 4.74 Å². The first kappa shape index (κ1) is 15.0. The fourth-order valence-corrected chi connectivity index (χ4v) is 3.74. The molecule has 1 aliphatic rings. The summed E-state index contributed by atoms with van der Waals surface area (Å²) in [6.07, 6.45) is 7.10. The van der Waals surface area contributed by atoms with E-state index in [9.17, 15) is 4.79 Å². The summed E-state index contributed by atoms with van der Waals surface area (Å²) in [4.78, 5) is 18.3. The van der Waals surface area contributed by atoms with E-state index in [1.54, 1.807) is 30.6 Å². The molecule has 5 heteroatoms. The van der Waals surface area contributed by atoms with E-state index in [0.717, 1.165) is 12.8 Å². The van der Waals surface area contributed by atoms with E-state index in [1.165, 1.54) is 36.3 Å². The highest BCUT2D eigenvalue weighted by molar-refractivity contribution is 7.15. The maximum absolute atomic E-state index is 12.3. The van der Waals surface area contributed by atoms with Crippen molar-refractivity contribution in [3.05, 3.63) is 40.4 Å². The van der Waals surface area contributed by atoms with E-state index in [1.807, 2.05) is 12.1 Å². The SMILES string of the molecule is COc1cccc(C(=O)Nc2nc3c(s2)CCCCCC3)c1. The van der Waals surface area contributed by atoms with E-state index in [4.69, 9.17) is 4.74 Å². The van der Waals surface area contributed by atoms with Gasteiger partial charge in [-0.1, -0.05) is 18.9 Å². The Morgan fingerprint density at radius 3 is 2.86 bits per heavy atom. The van der Waals surface area contributed by atoms with E-state index < -0.39 is 0 Å². The maximum atomic E-state index is 12.3. The summed E-state index contributed by atoms with van der Waals surface area (Å²) < 4.78 is 5.16. The number of ether oxygens (including phenoxy) is 1. The van der Waals surface area contributed by atoms with Crippen molar-refractivity contribution in [1.29, 1.82) is 0 Å². The van der Waals surface area contributed by atoms with Crippen LogP contribution in [-0.4, -0.2) is 18.0 Å². The third-order valence-electron chi connectivity index (χ3n) is 3.90. The van der Waals surface area contributed by atoms with Gasteiger partial charge in [-0.3, -0.25) is 10.1 Å². The Bertz CT molecular complexity index is 641. The quantitative estimate of drug-likeness (QED) is 0.929. The van der Waals surface area contributed by atoms with Crippen molar-refractivity contribution in [1.82, 2.24) is 4.98 Å². The molecule has 0 fully saturated rings. The molecule has 22 heavy (non-hydrogen) atoms. The smallest absolute Gasteiger partial charge is 0.257 e. The highest BCUT2D eigenvalue weighted by Crippen LogP contribution is 2.28.